The van der Waals surface area contributed by atoms with Crippen molar-refractivity contribution in [2.24, 2.45) is 5.92 Å². The Bertz CT molecular complexity index is 667. The van der Waals surface area contributed by atoms with Crippen molar-refractivity contribution in [3.63, 3.8) is 0 Å². The lowest BCUT2D eigenvalue weighted by molar-refractivity contribution is 0.0304. The van der Waals surface area contributed by atoms with Gasteiger partial charge in [-0.15, -0.1) is 0 Å². The lowest BCUT2D eigenvalue weighted by atomic mass is 9.92. The quantitative estimate of drug-likeness (QED) is 0.878. The van der Waals surface area contributed by atoms with E-state index in [9.17, 15) is 4.79 Å². The zero-order valence-electron chi connectivity index (χ0n) is 15.6. The van der Waals surface area contributed by atoms with Crippen molar-refractivity contribution < 1.29 is 9.53 Å². The van der Waals surface area contributed by atoms with Crippen LogP contribution in [0.5, 0.6) is 0 Å². The van der Waals surface area contributed by atoms with Crippen LogP contribution in [0.3, 0.4) is 0 Å². The Morgan fingerprint density at radius 2 is 1.85 bits per heavy atom. The first kappa shape index (κ1) is 16.8. The van der Waals surface area contributed by atoms with E-state index >= 15 is 0 Å². The molecule has 4 saturated heterocycles. The van der Waals surface area contributed by atoms with Gasteiger partial charge in [-0.05, 0) is 57.3 Å². The molecule has 4 aliphatic heterocycles. The van der Waals surface area contributed by atoms with E-state index in [1.54, 1.807) is 0 Å². The molecule has 142 valence electrons. The van der Waals surface area contributed by atoms with E-state index in [1.807, 2.05) is 0 Å². The van der Waals surface area contributed by atoms with Crippen molar-refractivity contribution in [2.45, 2.75) is 63.5 Å². The third-order valence-corrected chi connectivity index (χ3v) is 6.97. The number of aromatic amines is 1. The van der Waals surface area contributed by atoms with Crippen LogP contribution in [-0.2, 0) is 17.6 Å². The highest BCUT2D eigenvalue weighted by Gasteiger charge is 2.40. The van der Waals surface area contributed by atoms with Crippen LogP contribution in [0.15, 0.2) is 0 Å². The summed E-state index contributed by atoms with van der Waals surface area (Å²) in [5, 5.41) is 7.59. The number of hydrogen-bond donors (Lipinski definition) is 1. The van der Waals surface area contributed by atoms with Crippen molar-refractivity contribution in [1.82, 2.24) is 20.0 Å². The fourth-order valence-corrected chi connectivity index (χ4v) is 5.51. The highest BCUT2D eigenvalue weighted by atomic mass is 16.5. The molecular formula is C20H30N4O2. The van der Waals surface area contributed by atoms with E-state index in [2.05, 4.69) is 20.0 Å². The summed E-state index contributed by atoms with van der Waals surface area (Å²) < 4.78 is 5.55. The topological polar surface area (TPSA) is 61.5 Å². The number of aryl methyl sites for hydroxylation is 1. The molecule has 1 amide bonds. The fraction of sp³-hybridized carbons (Fsp3) is 0.800. The van der Waals surface area contributed by atoms with Gasteiger partial charge in [-0.25, -0.2) is 0 Å². The third-order valence-electron chi connectivity index (χ3n) is 6.97. The molecule has 0 aromatic carbocycles. The maximum absolute atomic E-state index is 13.4. The molecule has 4 fully saturated rings. The van der Waals surface area contributed by atoms with Gasteiger partial charge in [0.1, 0.15) is 0 Å². The molecule has 1 N–H and O–H groups in total. The number of amides is 1. The number of piperidine rings is 1. The van der Waals surface area contributed by atoms with Gasteiger partial charge >= 0.3 is 0 Å². The van der Waals surface area contributed by atoms with Gasteiger partial charge in [0.25, 0.3) is 5.91 Å². The number of H-pyrrole nitrogens is 1. The summed E-state index contributed by atoms with van der Waals surface area (Å²) in [6.45, 7) is 4.85. The Morgan fingerprint density at radius 3 is 2.73 bits per heavy atom. The first-order valence-electron chi connectivity index (χ1n) is 10.5. The smallest absolute Gasteiger partial charge is 0.274 e. The van der Waals surface area contributed by atoms with Crippen LogP contribution in [-0.4, -0.2) is 70.8 Å². The average molecular weight is 358 g/mol. The number of carbonyl (C=O) groups is 1. The first-order valence-corrected chi connectivity index (χ1v) is 10.5. The molecule has 5 heterocycles. The standard InChI is InChI=1S/C20H30N4O2/c25-20(19-17-3-1-2-4-18(17)21-22-19)24-12-14-5-6-16(24)13-23(11-14)15-7-9-26-10-8-15/h14-16H,1-13H2,(H,21,22)/t14-,16+/m0/s1. The van der Waals surface area contributed by atoms with Gasteiger partial charge in [0.05, 0.1) is 0 Å². The number of ether oxygens (including phenoxy) is 1. The predicted octanol–water partition coefficient (Wildman–Crippen LogP) is 2.00. The zero-order valence-corrected chi connectivity index (χ0v) is 15.6. The minimum Gasteiger partial charge on any atom is -0.381 e. The van der Waals surface area contributed by atoms with E-state index < -0.39 is 0 Å². The highest BCUT2D eigenvalue weighted by Crippen LogP contribution is 2.32. The molecule has 2 bridgehead atoms. The second kappa shape index (κ2) is 6.97. The summed E-state index contributed by atoms with van der Waals surface area (Å²) in [7, 11) is 0. The van der Waals surface area contributed by atoms with E-state index in [1.165, 1.54) is 30.5 Å². The SMILES string of the molecule is O=C(c1n[nH]c2c1CCCC2)N1C[C@H]2CC[C@@H]1CN(C1CCOCC1)C2. The van der Waals surface area contributed by atoms with E-state index in [0.717, 1.165) is 65.0 Å². The molecule has 0 radical (unpaired) electrons. The van der Waals surface area contributed by atoms with Crippen molar-refractivity contribution in [1.29, 1.82) is 0 Å². The molecule has 6 heteroatoms. The van der Waals surface area contributed by atoms with Crippen molar-refractivity contribution in [3.05, 3.63) is 17.0 Å². The van der Waals surface area contributed by atoms with Crippen LogP contribution in [0, 0.1) is 5.92 Å². The normalized spacial score (nSPS) is 30.2. The monoisotopic (exact) mass is 358 g/mol. The number of nitrogens with one attached hydrogen (secondary N) is 1. The molecule has 1 aromatic rings. The van der Waals surface area contributed by atoms with Crippen molar-refractivity contribution >= 4 is 5.91 Å². The third kappa shape index (κ3) is 2.97. The number of fused-ring (bicyclic) bond motifs is 5. The van der Waals surface area contributed by atoms with Crippen LogP contribution >= 0.6 is 0 Å². The fourth-order valence-electron chi connectivity index (χ4n) is 5.51. The number of nitrogens with zero attached hydrogens (tertiary/aromatic N) is 3. The van der Waals surface area contributed by atoms with E-state index in [0.29, 0.717) is 23.7 Å². The van der Waals surface area contributed by atoms with Gasteiger partial charge in [0.2, 0.25) is 0 Å². The van der Waals surface area contributed by atoms with Gasteiger partial charge in [-0.1, -0.05) is 0 Å². The zero-order chi connectivity index (χ0) is 17.5. The number of hydrogen-bond acceptors (Lipinski definition) is 4. The Labute approximate surface area is 155 Å². The van der Waals surface area contributed by atoms with Gasteiger partial charge in [0.15, 0.2) is 5.69 Å². The summed E-state index contributed by atoms with van der Waals surface area (Å²) >= 11 is 0. The van der Waals surface area contributed by atoms with Gasteiger partial charge in [0, 0.05) is 56.2 Å². The maximum Gasteiger partial charge on any atom is 0.274 e. The largest absolute Gasteiger partial charge is 0.381 e. The van der Waals surface area contributed by atoms with Gasteiger partial charge in [-0.2, -0.15) is 5.10 Å². The van der Waals surface area contributed by atoms with E-state index in [4.69, 9.17) is 4.74 Å². The molecule has 26 heavy (non-hydrogen) atoms. The molecule has 0 spiro atoms. The Balaban J connectivity index is 1.35. The van der Waals surface area contributed by atoms with Crippen molar-refractivity contribution in [2.75, 3.05) is 32.8 Å². The Hall–Kier alpha value is -1.40. The molecule has 0 unspecified atom stereocenters. The molecular weight excluding hydrogens is 328 g/mol. The van der Waals surface area contributed by atoms with Crippen molar-refractivity contribution in [3.8, 4) is 0 Å². The minimum atomic E-state index is 0.174. The molecule has 1 aliphatic carbocycles. The van der Waals surface area contributed by atoms with Gasteiger partial charge in [-0.3, -0.25) is 14.8 Å². The summed E-state index contributed by atoms with van der Waals surface area (Å²) in [6, 6.07) is 0.986. The van der Waals surface area contributed by atoms with Crippen LogP contribution in [0.1, 0.15) is 60.3 Å². The molecule has 6 nitrogen and oxygen atoms in total. The van der Waals surface area contributed by atoms with Gasteiger partial charge < -0.3 is 9.64 Å². The summed E-state index contributed by atoms with van der Waals surface area (Å²) in [5.74, 6) is 0.781. The predicted molar refractivity (Wildman–Crippen MR) is 98.2 cm³/mol. The Kier molecular flexibility index (Phi) is 4.49. The highest BCUT2D eigenvalue weighted by molar-refractivity contribution is 5.94. The summed E-state index contributed by atoms with van der Waals surface area (Å²) in [4.78, 5) is 18.2. The average Bonchev–Trinajstić information content (AvgIpc) is 2.90. The summed E-state index contributed by atoms with van der Waals surface area (Å²) in [5.41, 5.74) is 3.11. The second-order valence-electron chi connectivity index (χ2n) is 8.59. The molecule has 1 aromatic heterocycles. The lowest BCUT2D eigenvalue weighted by Gasteiger charge is -2.37. The number of aromatic nitrogens is 2. The number of rotatable bonds is 2. The van der Waals surface area contributed by atoms with E-state index in [-0.39, 0.29) is 5.91 Å². The minimum absolute atomic E-state index is 0.174. The lowest BCUT2D eigenvalue weighted by Crippen LogP contribution is -2.48. The molecule has 5 aliphatic rings. The Morgan fingerprint density at radius 1 is 1.00 bits per heavy atom. The maximum atomic E-state index is 13.4. The molecule has 2 atom stereocenters. The second-order valence-corrected chi connectivity index (χ2v) is 8.59. The van der Waals surface area contributed by atoms with Crippen LogP contribution in [0.2, 0.25) is 0 Å². The first-order chi connectivity index (χ1) is 12.8. The number of carbonyl (C=O) groups excluding carboxylic acids is 1. The summed E-state index contributed by atoms with van der Waals surface area (Å²) in [6.07, 6.45) is 9.10. The molecule has 0 saturated carbocycles. The molecule has 6 rings (SSSR count). The van der Waals surface area contributed by atoms with Crippen LogP contribution in [0.4, 0.5) is 0 Å². The van der Waals surface area contributed by atoms with Crippen LogP contribution in [0.25, 0.3) is 0 Å². The van der Waals surface area contributed by atoms with Crippen LogP contribution < -0.4 is 0 Å².